The predicted octanol–water partition coefficient (Wildman–Crippen LogP) is 14.3. The average Bonchev–Trinajstić information content (AvgIpc) is 3.88. The van der Waals surface area contributed by atoms with E-state index in [1.807, 2.05) is 36.4 Å². The molecule has 0 radical (unpaired) electrons. The summed E-state index contributed by atoms with van der Waals surface area (Å²) < 4.78 is 13.0. The maximum absolute atomic E-state index is 6.69. The van der Waals surface area contributed by atoms with Crippen LogP contribution in [-0.4, -0.2) is 15.0 Å². The van der Waals surface area contributed by atoms with Gasteiger partial charge in [0.25, 0.3) is 0 Å². The Morgan fingerprint density at radius 2 is 0.810 bits per heavy atom. The molecule has 0 saturated heterocycles. The lowest BCUT2D eigenvalue weighted by Crippen LogP contribution is -2.02. The zero-order valence-corrected chi connectivity index (χ0v) is 31.1. The lowest BCUT2D eigenvalue weighted by Gasteiger charge is -2.14. The van der Waals surface area contributed by atoms with E-state index in [1.54, 1.807) is 0 Å². The molecule has 5 nitrogen and oxygen atoms in total. The van der Waals surface area contributed by atoms with Crippen LogP contribution in [0.4, 0.5) is 0 Å². The fourth-order valence-electron chi connectivity index (χ4n) is 8.77. The second-order valence-electron chi connectivity index (χ2n) is 14.6. The molecular formula is C53H31N3O2. The summed E-state index contributed by atoms with van der Waals surface area (Å²) in [7, 11) is 0. The Balaban J connectivity index is 1.14. The number of benzene rings is 9. The van der Waals surface area contributed by atoms with Crippen molar-refractivity contribution >= 4 is 65.4 Å². The highest BCUT2D eigenvalue weighted by Gasteiger charge is 2.22. The molecule has 5 heteroatoms. The number of hydrogen-bond acceptors (Lipinski definition) is 5. The number of aromatic nitrogens is 3. The van der Waals surface area contributed by atoms with Gasteiger partial charge in [0, 0.05) is 43.8 Å². The molecule has 12 aromatic rings. The first-order valence-electron chi connectivity index (χ1n) is 19.4. The minimum atomic E-state index is 0.573. The Labute approximate surface area is 332 Å². The number of para-hydroxylation sites is 2. The Hall–Kier alpha value is -7.89. The van der Waals surface area contributed by atoms with Crippen LogP contribution >= 0.6 is 0 Å². The van der Waals surface area contributed by atoms with Crippen molar-refractivity contribution in [2.24, 2.45) is 0 Å². The van der Waals surface area contributed by atoms with Crippen LogP contribution in [0.25, 0.3) is 122 Å². The molecule has 0 N–H and O–H groups in total. The van der Waals surface area contributed by atoms with Gasteiger partial charge < -0.3 is 8.83 Å². The fourth-order valence-corrected chi connectivity index (χ4v) is 8.77. The van der Waals surface area contributed by atoms with E-state index in [0.29, 0.717) is 17.5 Å². The summed E-state index contributed by atoms with van der Waals surface area (Å²) in [4.78, 5) is 16.1. The largest absolute Gasteiger partial charge is 0.456 e. The molecule has 0 aliphatic carbocycles. The van der Waals surface area contributed by atoms with Gasteiger partial charge in [0.2, 0.25) is 0 Å². The van der Waals surface area contributed by atoms with Crippen molar-refractivity contribution in [3.8, 4) is 56.4 Å². The highest BCUT2D eigenvalue weighted by atomic mass is 16.3. The van der Waals surface area contributed by atoms with Gasteiger partial charge in [-0.3, -0.25) is 0 Å². The van der Waals surface area contributed by atoms with Crippen molar-refractivity contribution in [1.29, 1.82) is 0 Å². The quantitative estimate of drug-likeness (QED) is 0.164. The third-order valence-electron chi connectivity index (χ3n) is 11.4. The molecule has 3 aromatic heterocycles. The molecule has 0 aliphatic rings. The SMILES string of the molecule is c1ccc(-c2cccc3c2oc2cccc(-c4ccccc4-c4nc(-c5cc6ccccc6c6ccccc56)nc(-c5cccc6oc7ccccc7c56)n4)c23)cc1. The molecule has 0 aliphatic heterocycles. The van der Waals surface area contributed by atoms with E-state index < -0.39 is 0 Å². The van der Waals surface area contributed by atoms with E-state index in [1.165, 1.54) is 5.39 Å². The van der Waals surface area contributed by atoms with Crippen LogP contribution in [0.15, 0.2) is 197 Å². The number of hydrogen-bond donors (Lipinski definition) is 0. The maximum atomic E-state index is 6.69. The van der Waals surface area contributed by atoms with Crippen molar-refractivity contribution in [2.75, 3.05) is 0 Å². The van der Waals surface area contributed by atoms with Crippen LogP contribution < -0.4 is 0 Å². The topological polar surface area (TPSA) is 65.0 Å². The van der Waals surface area contributed by atoms with Crippen LogP contribution in [-0.2, 0) is 0 Å². The molecule has 0 unspecified atom stereocenters. The molecule has 3 heterocycles. The van der Waals surface area contributed by atoms with Gasteiger partial charge in [-0.05, 0) is 62.5 Å². The van der Waals surface area contributed by atoms with Gasteiger partial charge in [-0.25, -0.2) is 15.0 Å². The molecule has 12 rings (SSSR count). The standard InChI is InChI=1S/C53H31N3O2/c1-2-15-32(16-3-1)35-24-12-26-42-48-39(25-13-30-47(48)58-50(35)42)38-21-8-9-22-40(38)51-54-52(43-27-14-29-46-49(43)41-23-10-11-28-45(41)57-46)56-53(55-51)44-31-33-17-4-5-18-34(33)36-19-6-7-20-37(36)44/h1-31H. The number of fused-ring (bicyclic) bond motifs is 9. The highest BCUT2D eigenvalue weighted by molar-refractivity contribution is 6.17. The van der Waals surface area contributed by atoms with Crippen LogP contribution in [0.5, 0.6) is 0 Å². The fraction of sp³-hybridized carbons (Fsp3) is 0. The molecule has 0 saturated carbocycles. The summed E-state index contributed by atoms with van der Waals surface area (Å²) in [6.45, 7) is 0. The first kappa shape index (κ1) is 32.4. The van der Waals surface area contributed by atoms with Gasteiger partial charge in [-0.15, -0.1) is 0 Å². The summed E-state index contributed by atoms with van der Waals surface area (Å²) in [6, 6.07) is 64.9. The predicted molar refractivity (Wildman–Crippen MR) is 237 cm³/mol. The van der Waals surface area contributed by atoms with Gasteiger partial charge in [0.05, 0.1) is 0 Å². The third kappa shape index (κ3) is 5.00. The second kappa shape index (κ2) is 12.8. The third-order valence-corrected chi connectivity index (χ3v) is 11.4. The summed E-state index contributed by atoms with van der Waals surface area (Å²) >= 11 is 0. The molecular weight excluding hydrogens is 711 g/mol. The van der Waals surface area contributed by atoms with Crippen molar-refractivity contribution in [1.82, 2.24) is 15.0 Å². The molecule has 9 aromatic carbocycles. The van der Waals surface area contributed by atoms with Gasteiger partial charge >= 0.3 is 0 Å². The second-order valence-corrected chi connectivity index (χ2v) is 14.6. The molecule has 270 valence electrons. The molecule has 0 amide bonds. The van der Waals surface area contributed by atoms with Crippen molar-refractivity contribution in [3.05, 3.63) is 188 Å². The maximum Gasteiger partial charge on any atom is 0.164 e. The summed E-state index contributed by atoms with van der Waals surface area (Å²) in [5.41, 5.74) is 10.2. The van der Waals surface area contributed by atoms with E-state index in [-0.39, 0.29) is 0 Å². The van der Waals surface area contributed by atoms with E-state index >= 15 is 0 Å². The van der Waals surface area contributed by atoms with Gasteiger partial charge in [0.1, 0.15) is 22.3 Å². The van der Waals surface area contributed by atoms with Gasteiger partial charge in [-0.2, -0.15) is 0 Å². The molecule has 58 heavy (non-hydrogen) atoms. The molecule has 0 atom stereocenters. The lowest BCUT2D eigenvalue weighted by molar-refractivity contribution is 0.669. The minimum Gasteiger partial charge on any atom is -0.456 e. The Kier molecular flexibility index (Phi) is 7.16. The molecule has 0 bridgehead atoms. The van der Waals surface area contributed by atoms with Crippen molar-refractivity contribution < 1.29 is 8.83 Å². The monoisotopic (exact) mass is 741 g/mol. The lowest BCUT2D eigenvalue weighted by atomic mass is 9.94. The normalized spacial score (nSPS) is 11.8. The van der Waals surface area contributed by atoms with E-state index in [2.05, 4.69) is 152 Å². The first-order chi connectivity index (χ1) is 28.8. The van der Waals surface area contributed by atoms with Crippen LogP contribution in [0.2, 0.25) is 0 Å². The number of furan rings is 2. The molecule has 0 spiro atoms. The number of rotatable bonds is 5. The first-order valence-corrected chi connectivity index (χ1v) is 19.4. The van der Waals surface area contributed by atoms with Gasteiger partial charge in [0.15, 0.2) is 17.5 Å². The molecule has 0 fully saturated rings. The number of nitrogens with zero attached hydrogens (tertiary/aromatic N) is 3. The van der Waals surface area contributed by atoms with Crippen LogP contribution in [0.1, 0.15) is 0 Å². The Bertz CT molecular complexity index is 3580. The Morgan fingerprint density at radius 3 is 1.64 bits per heavy atom. The van der Waals surface area contributed by atoms with E-state index in [0.717, 1.165) is 99.0 Å². The van der Waals surface area contributed by atoms with Gasteiger partial charge in [-0.1, -0.05) is 164 Å². The highest BCUT2D eigenvalue weighted by Crippen LogP contribution is 2.44. The van der Waals surface area contributed by atoms with Crippen LogP contribution in [0, 0.1) is 0 Å². The van der Waals surface area contributed by atoms with Crippen molar-refractivity contribution in [3.63, 3.8) is 0 Å². The van der Waals surface area contributed by atoms with E-state index in [9.17, 15) is 0 Å². The smallest absolute Gasteiger partial charge is 0.164 e. The Morgan fingerprint density at radius 1 is 0.293 bits per heavy atom. The summed E-state index contributed by atoms with van der Waals surface area (Å²) in [5, 5.41) is 8.63. The summed E-state index contributed by atoms with van der Waals surface area (Å²) in [6.07, 6.45) is 0. The van der Waals surface area contributed by atoms with Crippen LogP contribution in [0.3, 0.4) is 0 Å². The van der Waals surface area contributed by atoms with E-state index in [4.69, 9.17) is 23.8 Å². The zero-order valence-electron chi connectivity index (χ0n) is 31.1. The zero-order chi connectivity index (χ0) is 38.2. The summed E-state index contributed by atoms with van der Waals surface area (Å²) in [5.74, 6) is 1.75. The average molecular weight is 742 g/mol. The van der Waals surface area contributed by atoms with Crippen molar-refractivity contribution in [2.45, 2.75) is 0 Å². The minimum absolute atomic E-state index is 0.573.